The molecule has 0 radical (unpaired) electrons. The number of aromatic amines is 1. The van der Waals surface area contributed by atoms with Crippen LogP contribution in [0.2, 0.25) is 5.02 Å². The van der Waals surface area contributed by atoms with Crippen molar-refractivity contribution in [2.75, 3.05) is 0 Å². The zero-order chi connectivity index (χ0) is 12.1. The van der Waals surface area contributed by atoms with Gasteiger partial charge in [-0.2, -0.15) is 5.21 Å². The third kappa shape index (κ3) is 3.03. The Hall–Kier alpha value is -1.42. The van der Waals surface area contributed by atoms with E-state index in [0.717, 1.165) is 12.0 Å². The summed E-state index contributed by atoms with van der Waals surface area (Å²) in [7, 11) is 0. The Morgan fingerprint density at radius 2 is 2.18 bits per heavy atom. The van der Waals surface area contributed by atoms with Gasteiger partial charge < -0.3 is 0 Å². The van der Waals surface area contributed by atoms with Gasteiger partial charge in [-0.05, 0) is 35.8 Å². The summed E-state index contributed by atoms with van der Waals surface area (Å²) in [5.41, 5.74) is 2.20. The molecule has 0 unspecified atom stereocenters. The minimum Gasteiger partial charge on any atom is -0.177 e. The molecule has 17 heavy (non-hydrogen) atoms. The summed E-state index contributed by atoms with van der Waals surface area (Å²) in [4.78, 5) is 0. The molecule has 0 amide bonds. The number of tetrazole rings is 1. The number of halogens is 1. The molecule has 2 aromatic rings. The molecule has 1 aromatic heterocycles. The molecular weight excluding hydrogens is 236 g/mol. The van der Waals surface area contributed by atoms with Crippen LogP contribution in [0.5, 0.6) is 0 Å². The lowest BCUT2D eigenvalue weighted by molar-refractivity contribution is 0.718. The van der Waals surface area contributed by atoms with E-state index in [4.69, 9.17) is 11.6 Å². The van der Waals surface area contributed by atoms with E-state index in [2.05, 4.69) is 27.5 Å². The Labute approximate surface area is 105 Å². The number of H-pyrrole nitrogens is 1. The molecule has 1 N–H and O–H groups in total. The zero-order valence-electron chi connectivity index (χ0n) is 9.78. The van der Waals surface area contributed by atoms with Gasteiger partial charge in [-0.3, -0.25) is 0 Å². The minimum atomic E-state index is 0.610. The van der Waals surface area contributed by atoms with Crippen LogP contribution >= 0.6 is 11.6 Å². The van der Waals surface area contributed by atoms with Crippen LogP contribution in [0.25, 0.3) is 11.4 Å². The molecule has 0 spiro atoms. The van der Waals surface area contributed by atoms with Gasteiger partial charge in [0.2, 0.25) is 5.82 Å². The number of aromatic nitrogens is 4. The number of unbranched alkanes of at least 4 members (excludes halogenated alkanes) is 2. The molecular formula is C12H15ClN4. The van der Waals surface area contributed by atoms with Crippen LogP contribution in [0.15, 0.2) is 18.2 Å². The zero-order valence-corrected chi connectivity index (χ0v) is 10.5. The van der Waals surface area contributed by atoms with Crippen molar-refractivity contribution >= 4 is 11.6 Å². The summed E-state index contributed by atoms with van der Waals surface area (Å²) in [6.45, 7) is 2.20. The predicted octanol–water partition coefficient (Wildman–Crippen LogP) is 3.25. The molecule has 0 bridgehead atoms. The average Bonchev–Trinajstić information content (AvgIpc) is 2.85. The van der Waals surface area contributed by atoms with Gasteiger partial charge in [-0.25, -0.2) is 0 Å². The topological polar surface area (TPSA) is 54.5 Å². The number of nitrogens with zero attached hydrogens (tertiary/aromatic N) is 3. The van der Waals surface area contributed by atoms with Gasteiger partial charge in [-0.15, -0.1) is 10.2 Å². The first kappa shape index (κ1) is 12.0. The Bertz CT molecular complexity index is 467. The van der Waals surface area contributed by atoms with E-state index in [1.54, 1.807) is 0 Å². The first-order valence-electron chi connectivity index (χ1n) is 5.83. The summed E-state index contributed by atoms with van der Waals surface area (Å²) >= 11 is 6.01. The Balaban J connectivity index is 2.25. The maximum Gasteiger partial charge on any atom is 0.204 e. The summed E-state index contributed by atoms with van der Waals surface area (Å²) in [5, 5.41) is 14.8. The lowest BCUT2D eigenvalue weighted by Gasteiger charge is -2.06. The van der Waals surface area contributed by atoms with Crippen molar-refractivity contribution < 1.29 is 0 Å². The van der Waals surface area contributed by atoms with Gasteiger partial charge in [0.15, 0.2) is 0 Å². The summed E-state index contributed by atoms with van der Waals surface area (Å²) < 4.78 is 0. The second-order valence-corrected chi connectivity index (χ2v) is 4.43. The van der Waals surface area contributed by atoms with Crippen molar-refractivity contribution in [2.24, 2.45) is 0 Å². The number of hydrogen-bond acceptors (Lipinski definition) is 3. The summed E-state index contributed by atoms with van der Waals surface area (Å²) in [5.74, 6) is 0.610. The molecule has 5 heteroatoms. The van der Waals surface area contributed by atoms with E-state index in [9.17, 15) is 0 Å². The van der Waals surface area contributed by atoms with Crippen molar-refractivity contribution in [3.8, 4) is 11.4 Å². The van der Waals surface area contributed by atoms with E-state index in [0.29, 0.717) is 10.8 Å². The summed E-state index contributed by atoms with van der Waals surface area (Å²) in [6, 6.07) is 5.85. The quantitative estimate of drug-likeness (QED) is 0.829. The molecule has 0 aliphatic heterocycles. The highest BCUT2D eigenvalue weighted by atomic mass is 35.5. The maximum atomic E-state index is 6.01. The SMILES string of the molecule is CCCCCc1ccc(Cl)cc1-c1nn[nH]n1. The molecule has 0 saturated carbocycles. The van der Waals surface area contributed by atoms with Gasteiger partial charge in [0.25, 0.3) is 0 Å². The smallest absolute Gasteiger partial charge is 0.177 e. The molecule has 0 aliphatic carbocycles. The molecule has 1 heterocycles. The van der Waals surface area contributed by atoms with Gasteiger partial charge >= 0.3 is 0 Å². The minimum absolute atomic E-state index is 0.610. The summed E-state index contributed by atoms with van der Waals surface area (Å²) in [6.07, 6.45) is 4.64. The number of nitrogens with one attached hydrogen (secondary N) is 1. The van der Waals surface area contributed by atoms with Crippen LogP contribution in [0.3, 0.4) is 0 Å². The largest absolute Gasteiger partial charge is 0.204 e. The average molecular weight is 251 g/mol. The van der Waals surface area contributed by atoms with Crippen molar-refractivity contribution in [3.05, 3.63) is 28.8 Å². The van der Waals surface area contributed by atoms with Crippen molar-refractivity contribution in [1.29, 1.82) is 0 Å². The van der Waals surface area contributed by atoms with Crippen LogP contribution < -0.4 is 0 Å². The van der Waals surface area contributed by atoms with Crippen molar-refractivity contribution in [3.63, 3.8) is 0 Å². The number of rotatable bonds is 5. The third-order valence-corrected chi connectivity index (χ3v) is 2.94. The van der Waals surface area contributed by atoms with Crippen LogP contribution in [0, 0.1) is 0 Å². The van der Waals surface area contributed by atoms with Gasteiger partial charge in [-0.1, -0.05) is 37.4 Å². The van der Waals surface area contributed by atoms with E-state index in [1.165, 1.54) is 24.8 Å². The molecule has 0 atom stereocenters. The van der Waals surface area contributed by atoms with Crippen LogP contribution in [-0.2, 0) is 6.42 Å². The highest BCUT2D eigenvalue weighted by Crippen LogP contribution is 2.25. The van der Waals surface area contributed by atoms with Gasteiger partial charge in [0.1, 0.15) is 0 Å². The van der Waals surface area contributed by atoms with E-state index in [-0.39, 0.29) is 0 Å². The van der Waals surface area contributed by atoms with Crippen LogP contribution in [0.4, 0.5) is 0 Å². The standard InChI is InChI=1S/C12H15ClN4/c1-2-3-4-5-9-6-7-10(13)8-11(9)12-14-16-17-15-12/h6-8H,2-5H2,1H3,(H,14,15,16,17). The Kier molecular flexibility index (Phi) is 4.09. The molecule has 4 nitrogen and oxygen atoms in total. The van der Waals surface area contributed by atoms with Gasteiger partial charge in [0, 0.05) is 10.6 Å². The normalized spacial score (nSPS) is 10.7. The number of benzene rings is 1. The lowest BCUT2D eigenvalue weighted by Crippen LogP contribution is -1.92. The Morgan fingerprint density at radius 3 is 2.88 bits per heavy atom. The van der Waals surface area contributed by atoms with Crippen molar-refractivity contribution in [1.82, 2.24) is 20.6 Å². The van der Waals surface area contributed by atoms with E-state index < -0.39 is 0 Å². The molecule has 90 valence electrons. The fourth-order valence-electron chi connectivity index (χ4n) is 1.82. The van der Waals surface area contributed by atoms with Crippen LogP contribution in [0.1, 0.15) is 31.7 Å². The first-order chi connectivity index (χ1) is 8.31. The monoisotopic (exact) mass is 250 g/mol. The van der Waals surface area contributed by atoms with Crippen LogP contribution in [-0.4, -0.2) is 20.6 Å². The number of hydrogen-bond donors (Lipinski definition) is 1. The van der Waals surface area contributed by atoms with E-state index in [1.807, 2.05) is 18.2 Å². The molecule has 0 saturated heterocycles. The maximum absolute atomic E-state index is 6.01. The molecule has 0 fully saturated rings. The molecule has 2 rings (SSSR count). The predicted molar refractivity (Wildman–Crippen MR) is 67.9 cm³/mol. The highest BCUT2D eigenvalue weighted by Gasteiger charge is 2.09. The third-order valence-electron chi connectivity index (χ3n) is 2.71. The Morgan fingerprint density at radius 1 is 1.29 bits per heavy atom. The van der Waals surface area contributed by atoms with E-state index >= 15 is 0 Å². The van der Waals surface area contributed by atoms with Gasteiger partial charge in [0.05, 0.1) is 0 Å². The second kappa shape index (κ2) is 5.77. The second-order valence-electron chi connectivity index (χ2n) is 3.99. The number of aryl methyl sites for hydroxylation is 1. The fraction of sp³-hybridized carbons (Fsp3) is 0.417. The lowest BCUT2D eigenvalue weighted by atomic mass is 10.0. The first-order valence-corrected chi connectivity index (χ1v) is 6.21. The highest BCUT2D eigenvalue weighted by molar-refractivity contribution is 6.30. The van der Waals surface area contributed by atoms with Crippen molar-refractivity contribution in [2.45, 2.75) is 32.6 Å². The molecule has 1 aromatic carbocycles. The fourth-order valence-corrected chi connectivity index (χ4v) is 1.99. The molecule has 0 aliphatic rings.